The minimum Gasteiger partial charge on any atom is -0.480 e. The summed E-state index contributed by atoms with van der Waals surface area (Å²) in [5.41, 5.74) is 8.98. The summed E-state index contributed by atoms with van der Waals surface area (Å²) >= 11 is 0. The Balaban J connectivity index is 3.15. The first-order valence-electron chi connectivity index (χ1n) is 5.59. The lowest BCUT2D eigenvalue weighted by Gasteiger charge is -2.23. The van der Waals surface area contributed by atoms with Crippen molar-refractivity contribution in [2.24, 2.45) is 5.73 Å². The SMILES string of the molecule is Cc1cc(C)c(N(C)C(=O)C(N)C(=O)O)c(C)c1. The molecule has 18 heavy (non-hydrogen) atoms. The third-order valence-electron chi connectivity index (χ3n) is 2.83. The fourth-order valence-electron chi connectivity index (χ4n) is 2.13. The molecule has 0 aliphatic heterocycles. The number of aryl methyl sites for hydroxylation is 3. The average molecular weight is 250 g/mol. The van der Waals surface area contributed by atoms with Gasteiger partial charge in [-0.15, -0.1) is 0 Å². The van der Waals surface area contributed by atoms with Crippen LogP contribution < -0.4 is 10.6 Å². The standard InChI is InChI=1S/C13H18N2O3/c1-7-5-8(2)11(9(3)6-7)15(4)12(16)10(14)13(17)18/h5-6,10H,14H2,1-4H3,(H,17,18). The lowest BCUT2D eigenvalue weighted by molar-refractivity contribution is -0.142. The van der Waals surface area contributed by atoms with Gasteiger partial charge in [-0.25, -0.2) is 4.79 Å². The van der Waals surface area contributed by atoms with E-state index in [-0.39, 0.29) is 0 Å². The molecule has 1 aromatic rings. The van der Waals surface area contributed by atoms with E-state index in [1.807, 2.05) is 32.9 Å². The molecular formula is C13H18N2O3. The number of amides is 1. The third-order valence-corrected chi connectivity index (χ3v) is 2.83. The lowest BCUT2D eigenvalue weighted by atomic mass is 10.0. The van der Waals surface area contributed by atoms with Gasteiger partial charge in [0.05, 0.1) is 0 Å². The van der Waals surface area contributed by atoms with Crippen LogP contribution in [0.4, 0.5) is 5.69 Å². The number of carboxylic acid groups (broad SMARTS) is 1. The highest BCUT2D eigenvalue weighted by molar-refractivity contribution is 6.09. The van der Waals surface area contributed by atoms with Crippen LogP contribution in [0.1, 0.15) is 16.7 Å². The van der Waals surface area contributed by atoms with Crippen molar-refractivity contribution in [3.63, 3.8) is 0 Å². The van der Waals surface area contributed by atoms with Crippen LogP contribution in [0.2, 0.25) is 0 Å². The smallest absolute Gasteiger partial charge is 0.330 e. The molecule has 0 saturated heterocycles. The summed E-state index contributed by atoms with van der Waals surface area (Å²) in [5, 5.41) is 8.76. The van der Waals surface area contributed by atoms with Crippen LogP contribution in [-0.4, -0.2) is 30.1 Å². The minimum absolute atomic E-state index is 0.627. The number of hydrogen-bond acceptors (Lipinski definition) is 3. The first kappa shape index (κ1) is 14.2. The molecule has 0 heterocycles. The molecule has 5 nitrogen and oxygen atoms in total. The molecule has 98 valence electrons. The number of nitrogens with two attached hydrogens (primary N) is 1. The summed E-state index contributed by atoms with van der Waals surface area (Å²) in [5.74, 6) is -1.95. The summed E-state index contributed by atoms with van der Waals surface area (Å²) < 4.78 is 0. The Kier molecular flexibility index (Phi) is 4.08. The van der Waals surface area contributed by atoms with Crippen LogP contribution in [0, 0.1) is 20.8 Å². The van der Waals surface area contributed by atoms with E-state index in [0.29, 0.717) is 5.69 Å². The Hall–Kier alpha value is -1.88. The number of hydrogen-bond donors (Lipinski definition) is 2. The second-order valence-corrected chi connectivity index (χ2v) is 4.46. The fourth-order valence-corrected chi connectivity index (χ4v) is 2.13. The number of anilines is 1. The van der Waals surface area contributed by atoms with E-state index in [1.54, 1.807) is 0 Å². The molecule has 1 amide bonds. The summed E-state index contributed by atoms with van der Waals surface area (Å²) in [6.07, 6.45) is 0. The zero-order valence-corrected chi connectivity index (χ0v) is 11.0. The summed E-state index contributed by atoms with van der Waals surface area (Å²) in [7, 11) is 1.54. The quantitative estimate of drug-likeness (QED) is 0.783. The molecule has 0 fully saturated rings. The Morgan fingerprint density at radius 2 is 1.67 bits per heavy atom. The number of rotatable bonds is 3. The van der Waals surface area contributed by atoms with E-state index in [0.717, 1.165) is 16.7 Å². The Morgan fingerprint density at radius 3 is 2.06 bits per heavy atom. The first-order chi connectivity index (χ1) is 8.25. The molecular weight excluding hydrogens is 232 g/mol. The fraction of sp³-hybridized carbons (Fsp3) is 0.385. The number of benzene rings is 1. The Labute approximate surface area is 106 Å². The third kappa shape index (κ3) is 2.68. The zero-order valence-electron chi connectivity index (χ0n) is 11.0. The van der Waals surface area contributed by atoms with Crippen molar-refractivity contribution in [3.8, 4) is 0 Å². The number of carbonyl (C=O) groups is 2. The van der Waals surface area contributed by atoms with Crippen LogP contribution in [0.25, 0.3) is 0 Å². The van der Waals surface area contributed by atoms with Crippen molar-refractivity contribution in [2.75, 3.05) is 11.9 Å². The van der Waals surface area contributed by atoms with Gasteiger partial charge in [-0.3, -0.25) is 4.79 Å². The predicted octanol–water partition coefficient (Wildman–Crippen LogP) is 0.987. The minimum atomic E-state index is -1.53. The van der Waals surface area contributed by atoms with Gasteiger partial charge in [0.25, 0.3) is 5.91 Å². The maximum Gasteiger partial charge on any atom is 0.330 e. The van der Waals surface area contributed by atoms with Gasteiger partial charge >= 0.3 is 5.97 Å². The van der Waals surface area contributed by atoms with E-state index < -0.39 is 17.9 Å². The summed E-state index contributed by atoms with van der Waals surface area (Å²) in [6.45, 7) is 5.73. The molecule has 0 spiro atoms. The van der Waals surface area contributed by atoms with Gasteiger partial charge in [-0.2, -0.15) is 0 Å². The second-order valence-electron chi connectivity index (χ2n) is 4.46. The highest BCUT2D eigenvalue weighted by atomic mass is 16.4. The van der Waals surface area contributed by atoms with Crippen molar-refractivity contribution in [1.82, 2.24) is 0 Å². The van der Waals surface area contributed by atoms with E-state index >= 15 is 0 Å². The molecule has 1 rings (SSSR count). The van der Waals surface area contributed by atoms with E-state index in [9.17, 15) is 9.59 Å². The molecule has 1 unspecified atom stereocenters. The van der Waals surface area contributed by atoms with Gasteiger partial charge in [-0.1, -0.05) is 17.7 Å². The number of nitrogens with zero attached hydrogens (tertiary/aromatic N) is 1. The maximum atomic E-state index is 11.9. The van der Waals surface area contributed by atoms with Crippen LogP contribution in [0.3, 0.4) is 0 Å². The van der Waals surface area contributed by atoms with Gasteiger partial charge < -0.3 is 15.7 Å². The number of likely N-dealkylation sites (N-methyl/N-ethyl adjacent to an activating group) is 1. The van der Waals surface area contributed by atoms with Gasteiger partial charge in [0.1, 0.15) is 0 Å². The van der Waals surface area contributed by atoms with E-state index in [2.05, 4.69) is 0 Å². The van der Waals surface area contributed by atoms with Crippen molar-refractivity contribution < 1.29 is 14.7 Å². The van der Waals surface area contributed by atoms with Crippen LogP contribution in [0.15, 0.2) is 12.1 Å². The molecule has 0 aliphatic carbocycles. The van der Waals surface area contributed by atoms with Crippen molar-refractivity contribution in [1.29, 1.82) is 0 Å². The highest BCUT2D eigenvalue weighted by Gasteiger charge is 2.26. The van der Waals surface area contributed by atoms with Crippen LogP contribution >= 0.6 is 0 Å². The zero-order chi connectivity index (χ0) is 14.0. The molecule has 1 atom stereocenters. The molecule has 0 bridgehead atoms. The molecule has 3 N–H and O–H groups in total. The molecule has 0 radical (unpaired) electrons. The molecule has 1 aromatic carbocycles. The molecule has 0 aliphatic rings. The number of carbonyl (C=O) groups excluding carboxylic acids is 1. The molecule has 5 heteroatoms. The largest absolute Gasteiger partial charge is 0.480 e. The predicted molar refractivity (Wildman–Crippen MR) is 69.7 cm³/mol. The first-order valence-corrected chi connectivity index (χ1v) is 5.59. The highest BCUT2D eigenvalue weighted by Crippen LogP contribution is 2.25. The molecule has 0 aromatic heterocycles. The number of carboxylic acids is 1. The van der Waals surface area contributed by atoms with Gasteiger partial charge in [0.2, 0.25) is 0 Å². The number of aliphatic carboxylic acids is 1. The summed E-state index contributed by atoms with van der Waals surface area (Å²) in [6, 6.07) is 2.35. The van der Waals surface area contributed by atoms with E-state index in [1.165, 1.54) is 11.9 Å². The monoisotopic (exact) mass is 250 g/mol. The average Bonchev–Trinajstić information content (AvgIpc) is 2.25. The normalized spacial score (nSPS) is 12.1. The van der Waals surface area contributed by atoms with Gasteiger partial charge in [0.15, 0.2) is 6.04 Å². The van der Waals surface area contributed by atoms with Gasteiger partial charge in [0, 0.05) is 12.7 Å². The van der Waals surface area contributed by atoms with Crippen molar-refractivity contribution in [2.45, 2.75) is 26.8 Å². The maximum absolute atomic E-state index is 11.9. The van der Waals surface area contributed by atoms with Crippen molar-refractivity contribution in [3.05, 3.63) is 28.8 Å². The topological polar surface area (TPSA) is 83.6 Å². The Morgan fingerprint density at radius 1 is 1.22 bits per heavy atom. The second kappa shape index (κ2) is 5.18. The summed E-state index contributed by atoms with van der Waals surface area (Å²) in [4.78, 5) is 23.9. The lowest BCUT2D eigenvalue weighted by Crippen LogP contribution is -2.47. The van der Waals surface area contributed by atoms with Crippen molar-refractivity contribution >= 4 is 17.6 Å². The van der Waals surface area contributed by atoms with E-state index in [4.69, 9.17) is 10.8 Å². The molecule has 0 saturated carbocycles. The van der Waals surface area contributed by atoms with Gasteiger partial charge in [-0.05, 0) is 31.9 Å². The Bertz CT molecular complexity index is 474. The van der Waals surface area contributed by atoms with Crippen LogP contribution in [0.5, 0.6) is 0 Å². The van der Waals surface area contributed by atoms with Crippen LogP contribution in [-0.2, 0) is 9.59 Å².